The third kappa shape index (κ3) is 7.33. The van der Waals surface area contributed by atoms with E-state index < -0.39 is 12.0 Å². The maximum Gasteiger partial charge on any atom is 0.308 e. The molecule has 2 amide bonds. The Morgan fingerprint density at radius 1 is 0.838 bits per heavy atom. The molecule has 1 aliphatic rings. The summed E-state index contributed by atoms with van der Waals surface area (Å²) in [5.74, 6) is -0.170. The molecule has 8 heteroatoms. The van der Waals surface area contributed by atoms with Gasteiger partial charge in [0.05, 0.1) is 18.6 Å². The number of hydrogen-bond donors (Lipinski definition) is 1. The number of carbonyl (C=O) groups excluding carboxylic acids is 3. The molecule has 3 aromatic rings. The van der Waals surface area contributed by atoms with Crippen molar-refractivity contribution in [3.63, 3.8) is 0 Å². The standard InChI is InChI=1S/C29H30N2O6/c32-27(37-18-15-22-9-3-1-4-10-22)21-25-28(33)30-16-17-31(25)29(34)24-13-7-8-14-26(24)36-20-19-35-23-11-5-2-6-12-23/h1-14,25H,15-21H2,(H,30,33). The summed E-state index contributed by atoms with van der Waals surface area (Å²) in [6, 6.07) is 25.0. The summed E-state index contributed by atoms with van der Waals surface area (Å²) in [5, 5.41) is 2.74. The summed E-state index contributed by atoms with van der Waals surface area (Å²) >= 11 is 0. The molecular formula is C29H30N2O6. The molecule has 0 spiro atoms. The van der Waals surface area contributed by atoms with Gasteiger partial charge in [0.1, 0.15) is 30.8 Å². The first-order valence-corrected chi connectivity index (χ1v) is 12.3. The molecule has 4 rings (SSSR count). The minimum atomic E-state index is -0.958. The normalized spacial score (nSPS) is 15.0. The number of hydrogen-bond acceptors (Lipinski definition) is 6. The minimum Gasteiger partial charge on any atom is -0.490 e. The molecule has 1 fully saturated rings. The number of carbonyl (C=O) groups is 3. The number of amides is 2. The summed E-state index contributed by atoms with van der Waals surface area (Å²) in [6.07, 6.45) is 0.352. The van der Waals surface area contributed by atoms with Gasteiger partial charge in [0.15, 0.2) is 0 Å². The van der Waals surface area contributed by atoms with Gasteiger partial charge in [-0.25, -0.2) is 0 Å². The molecule has 1 heterocycles. The molecule has 1 N–H and O–H groups in total. The van der Waals surface area contributed by atoms with Crippen LogP contribution in [-0.4, -0.2) is 61.6 Å². The molecular weight excluding hydrogens is 472 g/mol. The highest BCUT2D eigenvalue weighted by Gasteiger charge is 2.36. The first-order valence-electron chi connectivity index (χ1n) is 12.3. The van der Waals surface area contributed by atoms with Crippen LogP contribution in [0.5, 0.6) is 11.5 Å². The summed E-state index contributed by atoms with van der Waals surface area (Å²) in [6.45, 7) is 1.32. The molecule has 0 saturated carbocycles. The van der Waals surface area contributed by atoms with E-state index >= 15 is 0 Å². The smallest absolute Gasteiger partial charge is 0.308 e. The molecule has 1 saturated heterocycles. The second kappa shape index (κ2) is 13.1. The van der Waals surface area contributed by atoms with Crippen molar-refractivity contribution in [3.8, 4) is 11.5 Å². The maximum atomic E-state index is 13.5. The van der Waals surface area contributed by atoms with Gasteiger partial charge in [0.25, 0.3) is 5.91 Å². The molecule has 37 heavy (non-hydrogen) atoms. The Kier molecular flexibility index (Phi) is 9.12. The minimum absolute atomic E-state index is 0.201. The zero-order valence-electron chi connectivity index (χ0n) is 20.5. The van der Waals surface area contributed by atoms with Gasteiger partial charge in [-0.05, 0) is 29.8 Å². The molecule has 0 radical (unpaired) electrons. The number of benzene rings is 3. The Balaban J connectivity index is 1.35. The van der Waals surface area contributed by atoms with Crippen LogP contribution in [0.4, 0.5) is 0 Å². The van der Waals surface area contributed by atoms with Crippen molar-refractivity contribution in [1.82, 2.24) is 10.2 Å². The molecule has 1 atom stereocenters. The van der Waals surface area contributed by atoms with Gasteiger partial charge >= 0.3 is 5.97 Å². The van der Waals surface area contributed by atoms with E-state index in [1.807, 2.05) is 60.7 Å². The van der Waals surface area contributed by atoms with Gasteiger partial charge < -0.3 is 24.4 Å². The van der Waals surface area contributed by atoms with Gasteiger partial charge in [-0.2, -0.15) is 0 Å². The summed E-state index contributed by atoms with van der Waals surface area (Å²) in [5.41, 5.74) is 1.37. The van der Waals surface area contributed by atoms with Crippen molar-refractivity contribution in [2.45, 2.75) is 18.9 Å². The molecule has 0 aliphatic carbocycles. The number of nitrogens with zero attached hydrogens (tertiary/aromatic N) is 1. The predicted molar refractivity (Wildman–Crippen MR) is 137 cm³/mol. The number of nitrogens with one attached hydrogen (secondary N) is 1. The van der Waals surface area contributed by atoms with E-state index in [2.05, 4.69) is 5.32 Å². The van der Waals surface area contributed by atoms with E-state index in [0.717, 1.165) is 11.3 Å². The lowest BCUT2D eigenvalue weighted by atomic mass is 10.1. The second-order valence-corrected chi connectivity index (χ2v) is 8.47. The Morgan fingerprint density at radius 3 is 2.30 bits per heavy atom. The monoisotopic (exact) mass is 502 g/mol. The van der Waals surface area contributed by atoms with E-state index in [9.17, 15) is 14.4 Å². The lowest BCUT2D eigenvalue weighted by Crippen LogP contribution is -2.57. The van der Waals surface area contributed by atoms with Crippen LogP contribution in [0.25, 0.3) is 0 Å². The zero-order chi connectivity index (χ0) is 25.9. The van der Waals surface area contributed by atoms with Crippen LogP contribution in [0.15, 0.2) is 84.9 Å². The van der Waals surface area contributed by atoms with E-state index in [-0.39, 0.29) is 38.0 Å². The highest BCUT2D eigenvalue weighted by atomic mass is 16.5. The fourth-order valence-corrected chi connectivity index (χ4v) is 4.06. The third-order valence-corrected chi connectivity index (χ3v) is 5.92. The Hall–Kier alpha value is -4.33. The number of rotatable bonds is 11. The Bertz CT molecular complexity index is 1190. The van der Waals surface area contributed by atoms with Crippen LogP contribution >= 0.6 is 0 Å². The predicted octanol–water partition coefficient (Wildman–Crippen LogP) is 3.26. The zero-order valence-corrected chi connectivity index (χ0v) is 20.5. The lowest BCUT2D eigenvalue weighted by Gasteiger charge is -2.34. The fourth-order valence-electron chi connectivity index (χ4n) is 4.06. The summed E-state index contributed by atoms with van der Waals surface area (Å²) in [4.78, 5) is 40.1. The molecule has 8 nitrogen and oxygen atoms in total. The topological polar surface area (TPSA) is 94.2 Å². The van der Waals surface area contributed by atoms with Gasteiger partial charge in [-0.3, -0.25) is 14.4 Å². The van der Waals surface area contributed by atoms with Crippen LogP contribution in [-0.2, 0) is 20.7 Å². The third-order valence-electron chi connectivity index (χ3n) is 5.92. The Morgan fingerprint density at radius 2 is 1.51 bits per heavy atom. The van der Waals surface area contributed by atoms with Crippen LogP contribution in [0, 0.1) is 0 Å². The lowest BCUT2D eigenvalue weighted by molar-refractivity contribution is -0.147. The van der Waals surface area contributed by atoms with Crippen molar-refractivity contribution in [3.05, 3.63) is 96.1 Å². The van der Waals surface area contributed by atoms with Crippen LogP contribution in [0.1, 0.15) is 22.3 Å². The quantitative estimate of drug-likeness (QED) is 0.320. The Labute approximate surface area is 216 Å². The highest BCUT2D eigenvalue weighted by molar-refractivity contribution is 6.01. The highest BCUT2D eigenvalue weighted by Crippen LogP contribution is 2.23. The largest absolute Gasteiger partial charge is 0.490 e. The van der Waals surface area contributed by atoms with Gasteiger partial charge in [-0.1, -0.05) is 60.7 Å². The average molecular weight is 503 g/mol. The molecule has 1 unspecified atom stereocenters. The molecule has 3 aromatic carbocycles. The van der Waals surface area contributed by atoms with Gasteiger partial charge in [0.2, 0.25) is 5.91 Å². The van der Waals surface area contributed by atoms with Crippen molar-refractivity contribution < 1.29 is 28.6 Å². The second-order valence-electron chi connectivity index (χ2n) is 8.47. The maximum absolute atomic E-state index is 13.5. The summed E-state index contributed by atoms with van der Waals surface area (Å²) < 4.78 is 16.9. The number of ether oxygens (including phenoxy) is 3. The summed E-state index contributed by atoms with van der Waals surface area (Å²) in [7, 11) is 0. The van der Waals surface area contributed by atoms with E-state index in [1.165, 1.54) is 4.90 Å². The number of piperazine rings is 1. The van der Waals surface area contributed by atoms with Crippen molar-refractivity contribution >= 4 is 17.8 Å². The number of esters is 1. The van der Waals surface area contributed by atoms with E-state index in [0.29, 0.717) is 30.9 Å². The van der Waals surface area contributed by atoms with Crippen molar-refractivity contribution in [2.75, 3.05) is 32.9 Å². The molecule has 0 aromatic heterocycles. The first kappa shape index (κ1) is 25.8. The van der Waals surface area contributed by atoms with E-state index in [1.54, 1.807) is 24.3 Å². The van der Waals surface area contributed by atoms with Crippen LogP contribution in [0.2, 0.25) is 0 Å². The average Bonchev–Trinajstić information content (AvgIpc) is 2.93. The van der Waals surface area contributed by atoms with Crippen molar-refractivity contribution in [2.24, 2.45) is 0 Å². The molecule has 0 bridgehead atoms. The van der Waals surface area contributed by atoms with Gasteiger partial charge in [-0.15, -0.1) is 0 Å². The van der Waals surface area contributed by atoms with Gasteiger partial charge in [0, 0.05) is 19.5 Å². The fraction of sp³-hybridized carbons (Fsp3) is 0.276. The molecule has 192 valence electrons. The van der Waals surface area contributed by atoms with E-state index in [4.69, 9.17) is 14.2 Å². The first-order chi connectivity index (χ1) is 18.1. The van der Waals surface area contributed by atoms with Crippen LogP contribution < -0.4 is 14.8 Å². The van der Waals surface area contributed by atoms with Crippen LogP contribution in [0.3, 0.4) is 0 Å². The molecule has 1 aliphatic heterocycles. The SMILES string of the molecule is O=C(CC1C(=O)NCCN1C(=O)c1ccccc1OCCOc1ccccc1)OCCc1ccccc1. The number of para-hydroxylation sites is 2. The van der Waals surface area contributed by atoms with Crippen molar-refractivity contribution in [1.29, 1.82) is 0 Å².